The summed E-state index contributed by atoms with van der Waals surface area (Å²) in [6, 6.07) is 2.73. The molecule has 10 heteroatoms. The molecule has 0 N–H and O–H groups in total. The molecule has 0 fully saturated rings. The number of rotatable bonds is 3. The van der Waals surface area contributed by atoms with E-state index in [-0.39, 0.29) is 22.9 Å². The molecule has 0 radical (unpaired) electrons. The summed E-state index contributed by atoms with van der Waals surface area (Å²) < 4.78 is 45.4. The van der Waals surface area contributed by atoms with Gasteiger partial charge < -0.3 is 13.7 Å². The zero-order chi connectivity index (χ0) is 18.3. The van der Waals surface area contributed by atoms with Gasteiger partial charge >= 0.3 is 12.1 Å². The number of halogens is 3. The maximum Gasteiger partial charge on any atom is 0.471 e. The molecule has 1 aliphatic rings. The number of aryl methyl sites for hydroxylation is 1. The summed E-state index contributed by atoms with van der Waals surface area (Å²) in [7, 11) is 0. The van der Waals surface area contributed by atoms with Crippen LogP contribution in [0.3, 0.4) is 0 Å². The zero-order valence-corrected chi connectivity index (χ0v) is 13.5. The van der Waals surface area contributed by atoms with Crippen LogP contribution in [0.4, 0.5) is 13.2 Å². The van der Waals surface area contributed by atoms with Crippen LogP contribution in [-0.2, 0) is 25.7 Å². The molecule has 0 saturated carbocycles. The maximum absolute atomic E-state index is 12.5. The number of alkyl halides is 3. The smallest absolute Gasteiger partial charge is 0.335 e. The fraction of sp³-hybridized carbons (Fsp3) is 0.375. The van der Waals surface area contributed by atoms with Crippen LogP contribution in [0, 0.1) is 5.92 Å². The van der Waals surface area contributed by atoms with Gasteiger partial charge in [0.15, 0.2) is 0 Å². The molecule has 26 heavy (non-hydrogen) atoms. The number of pyridine rings is 1. The second kappa shape index (κ2) is 6.11. The van der Waals surface area contributed by atoms with E-state index < -0.39 is 12.1 Å². The largest absolute Gasteiger partial charge is 0.471 e. The van der Waals surface area contributed by atoms with Crippen molar-refractivity contribution in [1.82, 2.24) is 24.3 Å². The lowest BCUT2D eigenvalue weighted by Crippen LogP contribution is -2.28. The van der Waals surface area contributed by atoms with Crippen LogP contribution in [-0.4, -0.2) is 24.3 Å². The van der Waals surface area contributed by atoms with Crippen molar-refractivity contribution in [3.63, 3.8) is 0 Å². The quantitative estimate of drug-likeness (QED) is 0.712. The summed E-state index contributed by atoms with van der Waals surface area (Å²) in [5.41, 5.74) is -0.139. The number of aromatic nitrogens is 5. The van der Waals surface area contributed by atoms with Crippen molar-refractivity contribution < 1.29 is 17.7 Å². The fourth-order valence-corrected chi connectivity index (χ4v) is 3.10. The van der Waals surface area contributed by atoms with Crippen LogP contribution in [0.15, 0.2) is 40.0 Å². The summed E-state index contributed by atoms with van der Waals surface area (Å²) in [6.07, 6.45) is 2.24. The number of imidazole rings is 1. The Labute approximate surface area is 145 Å². The van der Waals surface area contributed by atoms with E-state index in [0.29, 0.717) is 6.54 Å². The highest BCUT2D eigenvalue weighted by Gasteiger charge is 2.38. The molecule has 136 valence electrons. The van der Waals surface area contributed by atoms with Gasteiger partial charge in [-0.15, -0.1) is 0 Å². The average Bonchev–Trinajstić information content (AvgIpc) is 3.24. The molecule has 1 aliphatic heterocycles. The summed E-state index contributed by atoms with van der Waals surface area (Å²) in [5, 5.41) is 3.29. The first-order valence-corrected chi connectivity index (χ1v) is 8.02. The molecular formula is C16H14F3N5O2. The molecule has 0 bridgehead atoms. The lowest BCUT2D eigenvalue weighted by molar-refractivity contribution is -0.159. The van der Waals surface area contributed by atoms with Gasteiger partial charge in [-0.2, -0.15) is 18.2 Å². The van der Waals surface area contributed by atoms with Crippen molar-refractivity contribution in [2.24, 2.45) is 5.92 Å². The van der Waals surface area contributed by atoms with Crippen molar-refractivity contribution in [3.05, 3.63) is 52.8 Å². The minimum atomic E-state index is -4.72. The van der Waals surface area contributed by atoms with Gasteiger partial charge in [-0.25, -0.2) is 4.98 Å². The van der Waals surface area contributed by atoms with Gasteiger partial charge in [0.2, 0.25) is 5.82 Å². The average molecular weight is 365 g/mol. The Morgan fingerprint density at radius 1 is 1.31 bits per heavy atom. The van der Waals surface area contributed by atoms with Crippen LogP contribution in [0.5, 0.6) is 0 Å². The summed E-state index contributed by atoms with van der Waals surface area (Å²) in [4.78, 5) is 19.9. The van der Waals surface area contributed by atoms with Crippen molar-refractivity contribution in [3.8, 4) is 11.4 Å². The van der Waals surface area contributed by atoms with E-state index in [1.807, 2.05) is 6.20 Å². The number of fused-ring (bicyclic) bond motifs is 1. The Balaban J connectivity index is 1.52. The Morgan fingerprint density at radius 3 is 2.88 bits per heavy atom. The summed E-state index contributed by atoms with van der Waals surface area (Å²) in [6.45, 7) is 1.38. The third-order valence-corrected chi connectivity index (χ3v) is 4.43. The molecule has 0 saturated heterocycles. The summed E-state index contributed by atoms with van der Waals surface area (Å²) in [5.74, 6) is -0.427. The molecule has 1 atom stereocenters. The normalized spacial score (nSPS) is 17.3. The Bertz CT molecular complexity index is 988. The minimum absolute atomic E-state index is 0.185. The molecule has 3 aromatic rings. The van der Waals surface area contributed by atoms with Gasteiger partial charge in [0.05, 0.1) is 0 Å². The molecule has 7 nitrogen and oxygen atoms in total. The zero-order valence-electron chi connectivity index (χ0n) is 13.5. The molecule has 0 amide bonds. The molecule has 0 spiro atoms. The summed E-state index contributed by atoms with van der Waals surface area (Å²) >= 11 is 0. The van der Waals surface area contributed by atoms with Crippen molar-refractivity contribution in [1.29, 1.82) is 0 Å². The first kappa shape index (κ1) is 16.6. The van der Waals surface area contributed by atoms with E-state index in [4.69, 9.17) is 0 Å². The topological polar surface area (TPSA) is 78.7 Å². The molecule has 3 aromatic heterocycles. The molecule has 0 aliphatic carbocycles. The van der Waals surface area contributed by atoms with Crippen LogP contribution in [0.25, 0.3) is 11.4 Å². The van der Waals surface area contributed by atoms with E-state index in [1.54, 1.807) is 12.4 Å². The third-order valence-electron chi connectivity index (χ3n) is 4.43. The number of hydrogen-bond donors (Lipinski definition) is 0. The second-order valence-electron chi connectivity index (χ2n) is 6.22. The second-order valence-corrected chi connectivity index (χ2v) is 6.22. The van der Waals surface area contributed by atoms with E-state index in [1.165, 1.54) is 16.7 Å². The molecule has 4 rings (SSSR count). The monoisotopic (exact) mass is 365 g/mol. The Kier molecular flexibility index (Phi) is 3.89. The molecule has 0 aromatic carbocycles. The van der Waals surface area contributed by atoms with E-state index in [9.17, 15) is 18.0 Å². The number of nitrogens with zero attached hydrogens (tertiary/aromatic N) is 5. The van der Waals surface area contributed by atoms with Gasteiger partial charge in [0.25, 0.3) is 5.56 Å². The van der Waals surface area contributed by atoms with E-state index in [0.717, 1.165) is 25.2 Å². The van der Waals surface area contributed by atoms with Crippen molar-refractivity contribution in [2.45, 2.75) is 32.1 Å². The van der Waals surface area contributed by atoms with E-state index >= 15 is 0 Å². The third kappa shape index (κ3) is 3.14. The SMILES string of the molecule is O=c1cc(-c2noc(C(F)(F)F)n2)ccn1CC1CCn2ccnc2C1. The van der Waals surface area contributed by atoms with Crippen LogP contribution in [0.2, 0.25) is 0 Å². The van der Waals surface area contributed by atoms with Crippen LogP contribution >= 0.6 is 0 Å². The van der Waals surface area contributed by atoms with Gasteiger partial charge in [0.1, 0.15) is 5.82 Å². The van der Waals surface area contributed by atoms with Crippen LogP contribution < -0.4 is 5.56 Å². The highest BCUT2D eigenvalue weighted by Crippen LogP contribution is 2.29. The van der Waals surface area contributed by atoms with Gasteiger partial charge in [-0.1, -0.05) is 5.16 Å². The molecule has 4 heterocycles. The minimum Gasteiger partial charge on any atom is -0.335 e. The van der Waals surface area contributed by atoms with E-state index in [2.05, 4.69) is 24.2 Å². The highest BCUT2D eigenvalue weighted by atomic mass is 19.4. The molecule has 1 unspecified atom stereocenters. The van der Waals surface area contributed by atoms with Crippen molar-refractivity contribution in [2.75, 3.05) is 0 Å². The first-order valence-electron chi connectivity index (χ1n) is 8.02. The first-order chi connectivity index (χ1) is 12.4. The Hall–Kier alpha value is -2.91. The number of hydrogen-bond acceptors (Lipinski definition) is 5. The van der Waals surface area contributed by atoms with Gasteiger partial charge in [-0.3, -0.25) is 4.79 Å². The lowest BCUT2D eigenvalue weighted by atomic mass is 9.97. The fourth-order valence-electron chi connectivity index (χ4n) is 3.10. The standard InChI is InChI=1S/C16H14F3N5O2/c17-16(18,19)15-21-14(22-26-15)11-2-5-24(13(25)8-11)9-10-1-4-23-6-3-20-12(23)7-10/h2-3,5-6,8,10H,1,4,7,9H2. The predicted octanol–water partition coefficient (Wildman–Crippen LogP) is 2.38. The maximum atomic E-state index is 12.5. The Morgan fingerprint density at radius 2 is 2.15 bits per heavy atom. The lowest BCUT2D eigenvalue weighted by Gasteiger charge is -2.23. The molecular weight excluding hydrogens is 351 g/mol. The highest BCUT2D eigenvalue weighted by molar-refractivity contribution is 5.52. The van der Waals surface area contributed by atoms with Gasteiger partial charge in [0, 0.05) is 49.7 Å². The van der Waals surface area contributed by atoms with Crippen LogP contribution in [0.1, 0.15) is 18.1 Å². The predicted molar refractivity (Wildman–Crippen MR) is 83.0 cm³/mol. The van der Waals surface area contributed by atoms with Crippen molar-refractivity contribution >= 4 is 0 Å². The van der Waals surface area contributed by atoms with Gasteiger partial charge in [-0.05, 0) is 18.4 Å².